The molecule has 0 radical (unpaired) electrons. The molecule has 2 aromatic heterocycles. The van der Waals surface area contributed by atoms with Crippen LogP contribution in [0.2, 0.25) is 0 Å². The lowest BCUT2D eigenvalue weighted by Gasteiger charge is -2.35. The second-order valence-corrected chi connectivity index (χ2v) is 8.52. The van der Waals surface area contributed by atoms with E-state index in [9.17, 15) is 9.59 Å². The molecular weight excluding hydrogens is 350 g/mol. The van der Waals surface area contributed by atoms with Gasteiger partial charge in [-0.2, -0.15) is 0 Å². The van der Waals surface area contributed by atoms with Crippen LogP contribution in [0.25, 0.3) is 10.2 Å². The van der Waals surface area contributed by atoms with Crippen LogP contribution in [-0.4, -0.2) is 45.7 Å². The fourth-order valence-corrected chi connectivity index (χ4v) is 5.32. The van der Waals surface area contributed by atoms with Crippen LogP contribution < -0.4 is 5.56 Å². The van der Waals surface area contributed by atoms with Crippen molar-refractivity contribution in [3.05, 3.63) is 27.1 Å². The summed E-state index contributed by atoms with van der Waals surface area (Å²) in [5.41, 5.74) is 1.20. The first-order chi connectivity index (χ1) is 12.5. The summed E-state index contributed by atoms with van der Waals surface area (Å²) >= 11 is 1.66. The number of carbonyl (C=O) groups is 1. The molecule has 1 fully saturated rings. The highest BCUT2D eigenvalue weighted by atomic mass is 32.1. The van der Waals surface area contributed by atoms with Crippen LogP contribution in [0.4, 0.5) is 0 Å². The van der Waals surface area contributed by atoms with Crippen molar-refractivity contribution < 1.29 is 9.53 Å². The Balaban J connectivity index is 1.51. The normalized spacial score (nSPS) is 23.2. The Morgan fingerprint density at radius 1 is 1.27 bits per heavy atom. The number of morpholine rings is 1. The third kappa shape index (κ3) is 3.30. The van der Waals surface area contributed by atoms with Crippen molar-refractivity contribution in [2.24, 2.45) is 0 Å². The number of aromatic nitrogens is 2. The van der Waals surface area contributed by atoms with Crippen LogP contribution in [0.15, 0.2) is 11.1 Å². The largest absolute Gasteiger partial charge is 0.372 e. The first-order valence-corrected chi connectivity index (χ1v) is 10.3. The van der Waals surface area contributed by atoms with Crippen molar-refractivity contribution >= 4 is 27.5 Å². The Morgan fingerprint density at radius 3 is 2.77 bits per heavy atom. The van der Waals surface area contributed by atoms with Crippen molar-refractivity contribution in [2.45, 2.75) is 64.7 Å². The maximum Gasteiger partial charge on any atom is 0.262 e. The maximum absolute atomic E-state index is 12.9. The fraction of sp³-hybridized carbons (Fsp3) is 0.632. The summed E-state index contributed by atoms with van der Waals surface area (Å²) in [6.45, 7) is 5.59. The molecule has 0 saturated carbocycles. The van der Waals surface area contributed by atoms with Crippen LogP contribution in [-0.2, 0) is 28.9 Å². The van der Waals surface area contributed by atoms with Gasteiger partial charge in [0, 0.05) is 30.9 Å². The lowest BCUT2D eigenvalue weighted by atomic mass is 9.97. The second kappa shape index (κ2) is 7.12. The van der Waals surface area contributed by atoms with Gasteiger partial charge in [0.15, 0.2) is 0 Å². The van der Waals surface area contributed by atoms with Gasteiger partial charge in [0.1, 0.15) is 4.83 Å². The number of hydrogen-bond donors (Lipinski definition) is 0. The van der Waals surface area contributed by atoms with Crippen LogP contribution in [0.3, 0.4) is 0 Å². The summed E-state index contributed by atoms with van der Waals surface area (Å²) in [4.78, 5) is 34.0. The van der Waals surface area contributed by atoms with E-state index in [1.54, 1.807) is 22.2 Å². The van der Waals surface area contributed by atoms with Gasteiger partial charge < -0.3 is 9.64 Å². The van der Waals surface area contributed by atoms with Crippen LogP contribution in [0, 0.1) is 0 Å². The molecule has 0 aromatic carbocycles. The zero-order chi connectivity index (χ0) is 18.3. The van der Waals surface area contributed by atoms with E-state index in [2.05, 4.69) is 4.98 Å². The van der Waals surface area contributed by atoms with E-state index in [1.165, 1.54) is 16.9 Å². The van der Waals surface area contributed by atoms with Gasteiger partial charge in [-0.3, -0.25) is 14.2 Å². The monoisotopic (exact) mass is 375 g/mol. The van der Waals surface area contributed by atoms with Crippen molar-refractivity contribution in [3.63, 3.8) is 0 Å². The number of aryl methyl sites for hydroxylation is 3. The molecule has 2 atom stereocenters. The Morgan fingerprint density at radius 2 is 2.00 bits per heavy atom. The van der Waals surface area contributed by atoms with Crippen LogP contribution >= 0.6 is 11.3 Å². The number of amides is 1. The van der Waals surface area contributed by atoms with E-state index in [0.717, 1.165) is 29.5 Å². The average Bonchev–Trinajstić information content (AvgIpc) is 2.99. The van der Waals surface area contributed by atoms with Crippen molar-refractivity contribution in [1.82, 2.24) is 14.5 Å². The molecule has 1 aliphatic carbocycles. The van der Waals surface area contributed by atoms with Gasteiger partial charge >= 0.3 is 0 Å². The summed E-state index contributed by atoms with van der Waals surface area (Å²) < 4.78 is 7.29. The number of fused-ring (bicyclic) bond motifs is 3. The lowest BCUT2D eigenvalue weighted by molar-refractivity contribution is -0.143. The summed E-state index contributed by atoms with van der Waals surface area (Å²) in [5, 5.41) is 0.785. The van der Waals surface area contributed by atoms with Gasteiger partial charge in [-0.25, -0.2) is 4.98 Å². The number of carbonyl (C=O) groups excluding carboxylic acids is 1. The Bertz CT molecular complexity index is 878. The Kier molecular flexibility index (Phi) is 4.84. The fourth-order valence-electron chi connectivity index (χ4n) is 4.10. The van der Waals surface area contributed by atoms with Gasteiger partial charge in [-0.1, -0.05) is 0 Å². The van der Waals surface area contributed by atoms with Gasteiger partial charge in [0.2, 0.25) is 5.91 Å². The molecule has 3 heterocycles. The Labute approximate surface area is 156 Å². The molecule has 26 heavy (non-hydrogen) atoms. The minimum absolute atomic E-state index is 0.00548. The van der Waals surface area contributed by atoms with Crippen molar-refractivity contribution in [2.75, 3.05) is 13.1 Å². The number of ether oxygens (including phenoxy) is 1. The third-order valence-electron chi connectivity index (χ3n) is 5.28. The molecular formula is C19H25N3O3S. The lowest BCUT2D eigenvalue weighted by Crippen LogP contribution is -2.48. The number of rotatable bonds is 3. The van der Waals surface area contributed by atoms with E-state index in [-0.39, 0.29) is 23.7 Å². The highest BCUT2D eigenvalue weighted by Crippen LogP contribution is 2.33. The maximum atomic E-state index is 12.9. The second-order valence-electron chi connectivity index (χ2n) is 7.44. The first kappa shape index (κ1) is 17.7. The molecule has 2 aliphatic rings. The van der Waals surface area contributed by atoms with Gasteiger partial charge in [-0.15, -0.1) is 11.3 Å². The third-order valence-corrected chi connectivity index (χ3v) is 6.48. The quantitative estimate of drug-likeness (QED) is 0.826. The van der Waals surface area contributed by atoms with E-state index in [4.69, 9.17) is 4.74 Å². The molecule has 2 aromatic rings. The van der Waals surface area contributed by atoms with Crippen LogP contribution in [0.5, 0.6) is 0 Å². The zero-order valence-corrected chi connectivity index (χ0v) is 16.2. The predicted molar refractivity (Wildman–Crippen MR) is 102 cm³/mol. The molecule has 0 bridgehead atoms. The smallest absolute Gasteiger partial charge is 0.262 e. The van der Waals surface area contributed by atoms with E-state index >= 15 is 0 Å². The number of nitrogens with zero attached hydrogens (tertiary/aromatic N) is 3. The molecule has 6 nitrogen and oxygen atoms in total. The molecule has 1 saturated heterocycles. The molecule has 140 valence electrons. The van der Waals surface area contributed by atoms with Crippen molar-refractivity contribution in [1.29, 1.82) is 0 Å². The summed E-state index contributed by atoms with van der Waals surface area (Å²) in [5.74, 6) is 0.0753. The highest BCUT2D eigenvalue weighted by Gasteiger charge is 2.26. The minimum atomic E-state index is 0.00548. The summed E-state index contributed by atoms with van der Waals surface area (Å²) in [6, 6.07) is 0. The van der Waals surface area contributed by atoms with Gasteiger partial charge in [-0.05, 0) is 45.1 Å². The molecule has 0 spiro atoms. The van der Waals surface area contributed by atoms with Crippen molar-refractivity contribution in [3.8, 4) is 0 Å². The van der Waals surface area contributed by atoms with Crippen LogP contribution in [0.1, 0.15) is 43.6 Å². The van der Waals surface area contributed by atoms with Gasteiger partial charge in [0.05, 0.1) is 23.9 Å². The molecule has 4 rings (SSSR count). The predicted octanol–water partition coefficient (Wildman–Crippen LogP) is 2.36. The van der Waals surface area contributed by atoms with E-state index in [1.807, 2.05) is 18.7 Å². The highest BCUT2D eigenvalue weighted by molar-refractivity contribution is 7.18. The van der Waals surface area contributed by atoms with E-state index in [0.29, 0.717) is 26.1 Å². The average molecular weight is 375 g/mol. The molecule has 1 amide bonds. The summed E-state index contributed by atoms with van der Waals surface area (Å²) in [7, 11) is 0. The minimum Gasteiger partial charge on any atom is -0.372 e. The first-order valence-electron chi connectivity index (χ1n) is 9.46. The van der Waals surface area contributed by atoms with Gasteiger partial charge in [0.25, 0.3) is 5.56 Å². The SMILES string of the molecule is CC1CN(C(=O)CCn2cnc3sc4c(c3c2=O)CCCC4)CC(C)O1. The topological polar surface area (TPSA) is 64.4 Å². The number of hydrogen-bond acceptors (Lipinski definition) is 5. The standard InChI is InChI=1S/C19H25N3O3S/c1-12-9-22(10-13(2)25-12)16(23)7-8-21-11-20-18-17(19(21)24)14-5-3-4-6-15(14)26-18/h11-13H,3-10H2,1-2H3. The zero-order valence-electron chi connectivity index (χ0n) is 15.4. The molecule has 7 heteroatoms. The Hall–Kier alpha value is -1.73. The molecule has 2 unspecified atom stereocenters. The number of thiophene rings is 1. The summed E-state index contributed by atoms with van der Waals surface area (Å²) in [6.07, 6.45) is 6.39. The van der Waals surface area contributed by atoms with E-state index < -0.39 is 0 Å². The molecule has 1 aliphatic heterocycles. The molecule has 0 N–H and O–H groups in total.